The van der Waals surface area contributed by atoms with Crippen LogP contribution in [0.15, 0.2) is 48.7 Å². The molecular weight excluding hydrogens is 549 g/mol. The number of hydrogen-bond acceptors (Lipinski definition) is 7. The first kappa shape index (κ1) is 30.1. The number of anilines is 1. The summed E-state index contributed by atoms with van der Waals surface area (Å²) in [6.45, 7) is -3.44. The Balaban J connectivity index is 2.08. The van der Waals surface area contributed by atoms with Crippen LogP contribution < -0.4 is 30.0 Å². The summed E-state index contributed by atoms with van der Waals surface area (Å²) in [6.07, 6.45) is -3.89. The van der Waals surface area contributed by atoms with Crippen molar-refractivity contribution >= 4 is 41.0 Å². The second kappa shape index (κ2) is 11.7. The summed E-state index contributed by atoms with van der Waals surface area (Å²) in [4.78, 5) is 28.2. The Kier molecular flexibility index (Phi) is 8.80. The summed E-state index contributed by atoms with van der Waals surface area (Å²) < 4.78 is 98.6. The smallest absolute Gasteiger partial charge is 0.510 e. The number of nitrogens with zero attached hydrogens (tertiary/aromatic N) is 1. The van der Waals surface area contributed by atoms with Crippen LogP contribution in [0.2, 0.25) is 0 Å². The third kappa shape index (κ3) is 8.25. The van der Waals surface area contributed by atoms with Crippen LogP contribution in [-0.2, 0) is 0 Å². The SMILES string of the molecule is BC(B)(B)Oc1cc(OC(F)(F)F)ccc1Oc1ccc(OC(F)F)c(F)c1C(=O)Nc1ccnc(C(N)=O)c1. The van der Waals surface area contributed by atoms with E-state index in [0.29, 0.717) is 0 Å². The van der Waals surface area contributed by atoms with Crippen molar-refractivity contribution in [3.63, 3.8) is 0 Å². The minimum atomic E-state index is -5.02. The van der Waals surface area contributed by atoms with Crippen molar-refractivity contribution in [1.29, 1.82) is 0 Å². The molecule has 9 nitrogen and oxygen atoms in total. The van der Waals surface area contributed by atoms with Crippen molar-refractivity contribution in [3.8, 4) is 28.7 Å². The number of alkyl halides is 5. The van der Waals surface area contributed by atoms with Gasteiger partial charge in [0.25, 0.3) is 11.8 Å². The van der Waals surface area contributed by atoms with Crippen molar-refractivity contribution < 1.29 is 54.9 Å². The van der Waals surface area contributed by atoms with Gasteiger partial charge in [-0.1, -0.05) is 0 Å². The van der Waals surface area contributed by atoms with Crippen LogP contribution >= 0.6 is 0 Å². The molecule has 0 fully saturated rings. The Labute approximate surface area is 225 Å². The van der Waals surface area contributed by atoms with E-state index < -0.39 is 58.7 Å². The number of halogens is 6. The molecule has 0 saturated carbocycles. The number of aromatic nitrogens is 1. The van der Waals surface area contributed by atoms with Crippen LogP contribution in [0.5, 0.6) is 28.7 Å². The van der Waals surface area contributed by atoms with Crippen molar-refractivity contribution in [2.75, 3.05) is 5.32 Å². The van der Waals surface area contributed by atoms with Crippen LogP contribution in [0.4, 0.5) is 32.0 Å². The van der Waals surface area contributed by atoms with E-state index in [0.717, 1.165) is 42.6 Å². The number of benzene rings is 2. The lowest BCUT2D eigenvalue weighted by Gasteiger charge is -2.24. The van der Waals surface area contributed by atoms with Crippen molar-refractivity contribution in [1.82, 2.24) is 4.98 Å². The summed E-state index contributed by atoms with van der Waals surface area (Å²) in [5.41, 5.74) is 3.93. The summed E-state index contributed by atoms with van der Waals surface area (Å²) in [7, 11) is 4.74. The molecule has 3 N–H and O–H groups in total. The predicted molar refractivity (Wildman–Crippen MR) is 136 cm³/mol. The molecule has 3 aromatic rings. The van der Waals surface area contributed by atoms with Crippen LogP contribution in [0.3, 0.4) is 0 Å². The molecule has 0 unspecified atom stereocenters. The number of primary amides is 1. The van der Waals surface area contributed by atoms with Gasteiger partial charge in [-0.15, -0.1) is 13.2 Å². The average Bonchev–Trinajstić information content (AvgIpc) is 2.80. The molecule has 208 valence electrons. The van der Waals surface area contributed by atoms with Gasteiger partial charge in [0.05, 0.1) is 0 Å². The van der Waals surface area contributed by atoms with Gasteiger partial charge in [0.15, 0.2) is 23.1 Å². The van der Waals surface area contributed by atoms with Gasteiger partial charge in [0.2, 0.25) is 0 Å². The molecule has 0 aliphatic rings. The van der Waals surface area contributed by atoms with Gasteiger partial charge in [-0.2, -0.15) is 8.78 Å². The molecule has 1 aromatic heterocycles. The first-order valence-corrected chi connectivity index (χ1v) is 11.1. The van der Waals surface area contributed by atoms with Crippen molar-refractivity contribution in [2.24, 2.45) is 5.73 Å². The zero-order valence-electron chi connectivity index (χ0n) is 20.9. The summed E-state index contributed by atoms with van der Waals surface area (Å²) in [5.74, 6) is -6.48. The summed E-state index contributed by atoms with van der Waals surface area (Å²) in [6, 6.07) is 6.75. The zero-order valence-corrected chi connectivity index (χ0v) is 20.9. The molecule has 1 heterocycles. The fourth-order valence-corrected chi connectivity index (χ4v) is 3.16. The quantitative estimate of drug-likeness (QED) is 0.283. The van der Waals surface area contributed by atoms with Crippen LogP contribution in [0.25, 0.3) is 0 Å². The minimum absolute atomic E-state index is 0.0651. The van der Waals surface area contributed by atoms with E-state index in [2.05, 4.69) is 19.8 Å². The maximum atomic E-state index is 15.3. The molecule has 2 aromatic carbocycles. The minimum Gasteiger partial charge on any atom is -0.510 e. The lowest BCUT2D eigenvalue weighted by atomic mass is 9.52. The number of pyridine rings is 1. The monoisotopic (exact) mass is 567 g/mol. The Hall–Kier alpha value is -4.50. The number of hydrogen-bond donors (Lipinski definition) is 2. The normalized spacial score (nSPS) is 11.6. The van der Waals surface area contributed by atoms with Gasteiger partial charge in [-0.25, -0.2) is 4.39 Å². The summed E-state index contributed by atoms with van der Waals surface area (Å²) >= 11 is 0. The lowest BCUT2D eigenvalue weighted by molar-refractivity contribution is -0.274. The topological polar surface area (TPSA) is 122 Å². The van der Waals surface area contributed by atoms with E-state index >= 15 is 4.39 Å². The first-order chi connectivity index (χ1) is 18.5. The zero-order chi connectivity index (χ0) is 29.8. The van der Waals surface area contributed by atoms with Gasteiger partial charge in [-0.3, -0.25) is 14.6 Å². The number of carbonyl (C=O) groups excluding carboxylic acids is 2. The Bertz CT molecular complexity index is 1420. The Morgan fingerprint density at radius 3 is 2.17 bits per heavy atom. The molecule has 0 spiro atoms. The highest BCUT2D eigenvalue weighted by Crippen LogP contribution is 2.40. The second-order valence-corrected chi connectivity index (χ2v) is 8.85. The molecule has 3 rings (SSSR count). The molecular formula is C22H18B3F6N3O6. The average molecular weight is 567 g/mol. The van der Waals surface area contributed by atoms with E-state index in [1.54, 1.807) is 23.5 Å². The number of nitrogens with two attached hydrogens (primary N) is 1. The molecule has 18 heteroatoms. The van der Waals surface area contributed by atoms with E-state index in [1.807, 2.05) is 0 Å². The molecule has 0 aliphatic carbocycles. The van der Waals surface area contributed by atoms with Gasteiger partial charge in [-0.05, 0) is 36.4 Å². The van der Waals surface area contributed by atoms with Gasteiger partial charge >= 0.3 is 13.0 Å². The van der Waals surface area contributed by atoms with E-state index in [9.17, 15) is 31.5 Å². The van der Waals surface area contributed by atoms with Crippen LogP contribution in [-0.4, -0.2) is 58.6 Å². The van der Waals surface area contributed by atoms with E-state index in [4.69, 9.17) is 15.2 Å². The molecule has 0 radical (unpaired) electrons. The molecule has 0 bridgehead atoms. The fourth-order valence-electron chi connectivity index (χ4n) is 3.16. The van der Waals surface area contributed by atoms with Crippen LogP contribution in [0, 0.1) is 5.82 Å². The highest BCUT2D eigenvalue weighted by atomic mass is 19.4. The standard InChI is InChI=1S/C22H18B3F6N3O6/c23-21(24,25)40-15-8-10(39-22(29,30)31)1-2-12(15)37-13-3-4-14(38-20(27)28)17(26)16(13)19(36)34-9-5-6-33-11(7-9)18(32)35/h1-8,20H,23-25H2,(H2,32,35)(H,33,34,36). The number of ether oxygens (including phenoxy) is 4. The third-order valence-corrected chi connectivity index (χ3v) is 4.57. The highest BCUT2D eigenvalue weighted by Gasteiger charge is 2.32. The van der Waals surface area contributed by atoms with Crippen LogP contribution in [0.1, 0.15) is 20.8 Å². The van der Waals surface area contributed by atoms with Gasteiger partial charge in [0, 0.05) is 23.2 Å². The molecule has 2 amide bonds. The molecule has 0 atom stereocenters. The Morgan fingerprint density at radius 1 is 0.925 bits per heavy atom. The molecule has 40 heavy (non-hydrogen) atoms. The van der Waals surface area contributed by atoms with Crippen molar-refractivity contribution in [2.45, 2.75) is 18.3 Å². The van der Waals surface area contributed by atoms with Crippen molar-refractivity contribution in [3.05, 3.63) is 65.7 Å². The maximum absolute atomic E-state index is 15.3. The van der Waals surface area contributed by atoms with E-state index in [-0.39, 0.29) is 22.9 Å². The predicted octanol–water partition coefficient (Wildman–Crippen LogP) is 1.75. The number of rotatable bonds is 10. The number of carbonyl (C=O) groups is 2. The third-order valence-electron chi connectivity index (χ3n) is 4.57. The van der Waals surface area contributed by atoms with Gasteiger partial charge < -0.3 is 30.0 Å². The highest BCUT2D eigenvalue weighted by molar-refractivity contribution is 6.58. The lowest BCUT2D eigenvalue weighted by Crippen LogP contribution is -2.37. The fraction of sp³-hybridized carbons (Fsp3) is 0.136. The molecule has 0 saturated heterocycles. The summed E-state index contributed by atoms with van der Waals surface area (Å²) in [5, 5.41) is 1.30. The van der Waals surface area contributed by atoms with E-state index in [1.165, 1.54) is 6.07 Å². The van der Waals surface area contributed by atoms with Gasteiger partial charge in [0.1, 0.15) is 46.3 Å². The first-order valence-electron chi connectivity index (χ1n) is 11.1. The second-order valence-electron chi connectivity index (χ2n) is 8.85. The number of amides is 2. The maximum Gasteiger partial charge on any atom is 0.573 e. The Morgan fingerprint density at radius 2 is 1.57 bits per heavy atom. The largest absolute Gasteiger partial charge is 0.573 e. The number of nitrogens with one attached hydrogen (secondary N) is 1. The molecule has 0 aliphatic heterocycles.